The Morgan fingerprint density at radius 2 is 1.94 bits per heavy atom. The topological polar surface area (TPSA) is 91.3 Å². The first kappa shape index (κ1) is 21.8. The SMILES string of the molecule is C=C(OC)/C(C)=C(\C(C)=C/C)n1c2nc(C)c(N3CCOCC3)cc2c2c(N)ncnc21. The number of allylic oxidation sites excluding steroid dienone is 4. The number of nitrogens with zero attached hydrogens (tertiary/aromatic N) is 5. The number of ether oxygens (including phenoxy) is 2. The summed E-state index contributed by atoms with van der Waals surface area (Å²) in [6.45, 7) is 15.2. The number of pyridine rings is 1. The number of hydrogen-bond donors (Lipinski definition) is 1. The van der Waals surface area contributed by atoms with E-state index in [1.54, 1.807) is 7.11 Å². The average molecular weight is 435 g/mol. The van der Waals surface area contributed by atoms with E-state index in [9.17, 15) is 0 Å². The van der Waals surface area contributed by atoms with Crippen molar-refractivity contribution in [3.63, 3.8) is 0 Å². The van der Waals surface area contributed by atoms with Crippen LogP contribution in [-0.2, 0) is 9.47 Å². The predicted octanol–water partition coefficient (Wildman–Crippen LogP) is 4.06. The average Bonchev–Trinajstić information content (AvgIpc) is 3.12. The third-order valence-electron chi connectivity index (χ3n) is 6.12. The van der Waals surface area contributed by atoms with Crippen molar-refractivity contribution in [1.29, 1.82) is 0 Å². The molecule has 1 aliphatic rings. The van der Waals surface area contributed by atoms with E-state index < -0.39 is 0 Å². The van der Waals surface area contributed by atoms with Gasteiger partial charge >= 0.3 is 0 Å². The highest BCUT2D eigenvalue weighted by Gasteiger charge is 2.24. The fourth-order valence-corrected chi connectivity index (χ4v) is 4.25. The molecule has 0 bridgehead atoms. The highest BCUT2D eigenvalue weighted by Crippen LogP contribution is 2.38. The van der Waals surface area contributed by atoms with Crippen molar-refractivity contribution in [2.45, 2.75) is 27.7 Å². The van der Waals surface area contributed by atoms with Crippen molar-refractivity contribution in [2.24, 2.45) is 0 Å². The van der Waals surface area contributed by atoms with Gasteiger partial charge in [0.1, 0.15) is 23.6 Å². The molecule has 2 N–H and O–H groups in total. The van der Waals surface area contributed by atoms with Crippen LogP contribution in [0.4, 0.5) is 11.5 Å². The molecule has 8 nitrogen and oxygen atoms in total. The molecule has 0 atom stereocenters. The van der Waals surface area contributed by atoms with Crippen LogP contribution in [0.2, 0.25) is 0 Å². The number of anilines is 2. The third kappa shape index (κ3) is 3.50. The largest absolute Gasteiger partial charge is 0.497 e. The second-order valence-electron chi connectivity index (χ2n) is 7.93. The van der Waals surface area contributed by atoms with Gasteiger partial charge in [0.05, 0.1) is 42.8 Å². The van der Waals surface area contributed by atoms with E-state index >= 15 is 0 Å². The molecular weight excluding hydrogens is 404 g/mol. The van der Waals surface area contributed by atoms with Crippen molar-refractivity contribution < 1.29 is 9.47 Å². The summed E-state index contributed by atoms with van der Waals surface area (Å²) in [6, 6.07) is 2.16. The van der Waals surface area contributed by atoms with Crippen LogP contribution in [0.15, 0.2) is 42.0 Å². The second-order valence-corrected chi connectivity index (χ2v) is 7.93. The molecule has 8 heteroatoms. The summed E-state index contributed by atoms with van der Waals surface area (Å²) in [6.07, 6.45) is 3.55. The monoisotopic (exact) mass is 434 g/mol. The Kier molecular flexibility index (Phi) is 5.88. The van der Waals surface area contributed by atoms with Crippen LogP contribution in [0.25, 0.3) is 27.8 Å². The predicted molar refractivity (Wildman–Crippen MR) is 129 cm³/mol. The van der Waals surface area contributed by atoms with Crippen LogP contribution in [-0.4, -0.2) is 52.9 Å². The molecule has 4 rings (SSSR count). The van der Waals surface area contributed by atoms with Gasteiger partial charge in [0.15, 0.2) is 5.65 Å². The Morgan fingerprint density at radius 3 is 2.59 bits per heavy atom. The number of nitrogen functional groups attached to an aromatic ring is 1. The molecule has 3 aromatic heterocycles. The zero-order chi connectivity index (χ0) is 23.0. The van der Waals surface area contributed by atoms with Crippen LogP contribution in [0.5, 0.6) is 0 Å². The van der Waals surface area contributed by atoms with Crippen LogP contribution in [0.1, 0.15) is 26.5 Å². The van der Waals surface area contributed by atoms with Crippen molar-refractivity contribution >= 4 is 39.3 Å². The molecule has 1 aliphatic heterocycles. The highest BCUT2D eigenvalue weighted by atomic mass is 16.5. The van der Waals surface area contributed by atoms with Gasteiger partial charge in [-0.05, 0) is 39.3 Å². The van der Waals surface area contributed by atoms with Gasteiger partial charge in [0, 0.05) is 24.0 Å². The van der Waals surface area contributed by atoms with Gasteiger partial charge in [-0.25, -0.2) is 15.0 Å². The van der Waals surface area contributed by atoms with Crippen LogP contribution in [0, 0.1) is 6.92 Å². The summed E-state index contributed by atoms with van der Waals surface area (Å²) >= 11 is 0. The quantitative estimate of drug-likeness (QED) is 0.478. The molecule has 1 saturated heterocycles. The van der Waals surface area contributed by atoms with Gasteiger partial charge in [0.2, 0.25) is 0 Å². The Balaban J connectivity index is 2.12. The summed E-state index contributed by atoms with van der Waals surface area (Å²) in [5.41, 5.74) is 12.7. The van der Waals surface area contributed by atoms with E-state index in [0.29, 0.717) is 30.4 Å². The Hall–Kier alpha value is -3.39. The molecule has 32 heavy (non-hydrogen) atoms. The van der Waals surface area contributed by atoms with Gasteiger partial charge < -0.3 is 20.1 Å². The van der Waals surface area contributed by atoms with Gasteiger partial charge in [-0.15, -0.1) is 0 Å². The second kappa shape index (κ2) is 8.63. The van der Waals surface area contributed by atoms with E-state index in [2.05, 4.69) is 40.5 Å². The molecule has 0 unspecified atom stereocenters. The normalized spacial score (nSPS) is 15.9. The number of fused-ring (bicyclic) bond motifs is 3. The molecular formula is C24H30N6O2. The minimum atomic E-state index is 0.429. The number of hydrogen-bond acceptors (Lipinski definition) is 7. The summed E-state index contributed by atoms with van der Waals surface area (Å²) in [5, 5.41) is 1.71. The smallest absolute Gasteiger partial charge is 0.152 e. The Bertz CT molecular complexity index is 1260. The number of rotatable bonds is 5. The summed E-state index contributed by atoms with van der Waals surface area (Å²) in [5.74, 6) is 1.01. The lowest BCUT2D eigenvalue weighted by atomic mass is 10.1. The van der Waals surface area contributed by atoms with Crippen LogP contribution < -0.4 is 10.6 Å². The van der Waals surface area contributed by atoms with E-state index in [4.69, 9.17) is 20.2 Å². The maximum atomic E-state index is 6.37. The molecule has 168 valence electrons. The first-order chi connectivity index (χ1) is 15.4. The number of aryl methyl sites for hydroxylation is 1. The van der Waals surface area contributed by atoms with Crippen molar-refractivity contribution in [3.8, 4) is 0 Å². The van der Waals surface area contributed by atoms with E-state index in [1.807, 2.05) is 25.3 Å². The molecule has 1 fully saturated rings. The molecule has 0 amide bonds. The molecule has 0 aliphatic carbocycles. The zero-order valence-electron chi connectivity index (χ0n) is 19.4. The molecule has 0 aromatic carbocycles. The molecule has 0 spiro atoms. The van der Waals surface area contributed by atoms with Crippen molar-refractivity contribution in [3.05, 3.63) is 47.6 Å². The van der Waals surface area contributed by atoms with Crippen LogP contribution in [0.3, 0.4) is 0 Å². The number of morpholine rings is 1. The minimum Gasteiger partial charge on any atom is -0.497 e. The lowest BCUT2D eigenvalue weighted by Crippen LogP contribution is -2.36. The Morgan fingerprint density at radius 1 is 1.22 bits per heavy atom. The number of aromatic nitrogens is 4. The maximum Gasteiger partial charge on any atom is 0.152 e. The van der Waals surface area contributed by atoms with Gasteiger partial charge in [-0.1, -0.05) is 12.7 Å². The fraction of sp³-hybridized carbons (Fsp3) is 0.375. The van der Waals surface area contributed by atoms with Crippen LogP contribution >= 0.6 is 0 Å². The summed E-state index contributed by atoms with van der Waals surface area (Å²) in [7, 11) is 1.62. The van der Waals surface area contributed by atoms with E-state index in [1.165, 1.54) is 6.33 Å². The standard InChI is InChI=1S/C24H30N6O2/c1-7-14(2)21(15(3)17(5)31-6)30-23-18(20-22(25)26-13-27-24(20)30)12-19(16(4)28-23)29-8-10-32-11-9-29/h7,12-13H,5,8-11H2,1-4,6H3,(H2,25,26,27)/b14-7-,21-15+. The first-order valence-electron chi connectivity index (χ1n) is 10.7. The number of nitrogens with two attached hydrogens (primary N) is 1. The minimum absolute atomic E-state index is 0.429. The molecule has 0 radical (unpaired) electrons. The highest BCUT2D eigenvalue weighted by molar-refractivity contribution is 6.13. The lowest BCUT2D eigenvalue weighted by molar-refractivity contribution is 0.122. The fourth-order valence-electron chi connectivity index (χ4n) is 4.25. The summed E-state index contributed by atoms with van der Waals surface area (Å²) < 4.78 is 13.0. The van der Waals surface area contributed by atoms with Gasteiger partial charge in [-0.3, -0.25) is 4.57 Å². The lowest BCUT2D eigenvalue weighted by Gasteiger charge is -2.29. The van der Waals surface area contributed by atoms with Crippen molar-refractivity contribution in [1.82, 2.24) is 19.5 Å². The van der Waals surface area contributed by atoms with E-state index in [-0.39, 0.29) is 0 Å². The van der Waals surface area contributed by atoms with Crippen molar-refractivity contribution in [2.75, 3.05) is 44.0 Å². The van der Waals surface area contributed by atoms with E-state index in [0.717, 1.165) is 57.7 Å². The number of methoxy groups -OCH3 is 1. The molecule has 0 saturated carbocycles. The zero-order valence-corrected chi connectivity index (χ0v) is 19.4. The maximum absolute atomic E-state index is 6.37. The van der Waals surface area contributed by atoms with Gasteiger partial charge in [0.25, 0.3) is 0 Å². The Labute approximate surface area is 188 Å². The molecule has 4 heterocycles. The molecule has 3 aromatic rings. The van der Waals surface area contributed by atoms with Gasteiger partial charge in [-0.2, -0.15) is 0 Å². The third-order valence-corrected chi connectivity index (χ3v) is 6.12. The first-order valence-corrected chi connectivity index (χ1v) is 10.7. The summed E-state index contributed by atoms with van der Waals surface area (Å²) in [4.78, 5) is 16.3.